The van der Waals surface area contributed by atoms with Gasteiger partial charge >= 0.3 is 11.7 Å². The van der Waals surface area contributed by atoms with E-state index in [2.05, 4.69) is 10.4 Å². The van der Waals surface area contributed by atoms with Crippen molar-refractivity contribution < 1.29 is 4.79 Å². The second-order valence-electron chi connectivity index (χ2n) is 4.68. The van der Waals surface area contributed by atoms with Crippen molar-refractivity contribution in [3.63, 3.8) is 0 Å². The van der Waals surface area contributed by atoms with E-state index >= 15 is 0 Å². The lowest BCUT2D eigenvalue weighted by molar-refractivity contribution is 0.230. The number of nitrogens with one attached hydrogen (secondary N) is 1. The Balaban J connectivity index is 3.13. The first kappa shape index (κ1) is 14.8. The highest BCUT2D eigenvalue weighted by Crippen LogP contribution is 2.07. The quantitative estimate of drug-likeness (QED) is 0.824. The van der Waals surface area contributed by atoms with Crippen LogP contribution in [0, 0.1) is 11.3 Å². The summed E-state index contributed by atoms with van der Waals surface area (Å²) in [5.74, 6) is 0.357. The monoisotopic (exact) mass is 266 g/mol. The molecule has 1 N–H and O–H groups in total. The van der Waals surface area contributed by atoms with Gasteiger partial charge in [-0.3, -0.25) is 4.57 Å². The van der Waals surface area contributed by atoms with Crippen LogP contribution in [-0.2, 0) is 7.05 Å². The Morgan fingerprint density at radius 2 is 2.16 bits per heavy atom. The van der Waals surface area contributed by atoms with E-state index < -0.39 is 17.3 Å². The van der Waals surface area contributed by atoms with Crippen molar-refractivity contribution in [1.82, 2.24) is 19.7 Å². The standard InChI is InChI=1S/C11H18N6O2/c1-6-11(2,7-12)13-9(18)17-10(19)16(5)8(14-17)15(3)4/h6H2,1-5H3,(H,13,18). The van der Waals surface area contributed by atoms with Crippen molar-refractivity contribution in [2.45, 2.75) is 25.8 Å². The number of nitriles is 1. The zero-order valence-corrected chi connectivity index (χ0v) is 11.8. The molecule has 1 rings (SSSR count). The molecule has 0 aliphatic carbocycles. The number of hydrogen-bond acceptors (Lipinski definition) is 5. The molecule has 1 atom stereocenters. The van der Waals surface area contributed by atoms with Crippen LogP contribution in [0.1, 0.15) is 20.3 Å². The molecule has 1 aromatic heterocycles. The number of anilines is 1. The van der Waals surface area contributed by atoms with Gasteiger partial charge in [0.05, 0.1) is 6.07 Å². The van der Waals surface area contributed by atoms with Crippen molar-refractivity contribution in [3.8, 4) is 6.07 Å². The van der Waals surface area contributed by atoms with Crippen molar-refractivity contribution in [1.29, 1.82) is 5.26 Å². The minimum Gasteiger partial charge on any atom is -0.347 e. The smallest absolute Gasteiger partial charge is 0.347 e. The maximum atomic E-state index is 12.0. The Labute approximate surface area is 111 Å². The summed E-state index contributed by atoms with van der Waals surface area (Å²) in [5, 5.41) is 15.4. The predicted octanol–water partition coefficient (Wildman–Crippen LogP) is -0.102. The minimum absolute atomic E-state index is 0.357. The Morgan fingerprint density at radius 1 is 1.58 bits per heavy atom. The average Bonchev–Trinajstić information content (AvgIpc) is 2.66. The van der Waals surface area contributed by atoms with Gasteiger partial charge < -0.3 is 10.2 Å². The van der Waals surface area contributed by atoms with Crippen LogP contribution in [-0.4, -0.2) is 40.0 Å². The molecule has 19 heavy (non-hydrogen) atoms. The summed E-state index contributed by atoms with van der Waals surface area (Å²) < 4.78 is 1.98. The largest absolute Gasteiger partial charge is 0.355 e. The number of nitrogens with zero attached hydrogens (tertiary/aromatic N) is 5. The molecule has 104 valence electrons. The summed E-state index contributed by atoms with van der Waals surface area (Å²) in [5.41, 5.74) is -1.58. The van der Waals surface area contributed by atoms with E-state index in [4.69, 9.17) is 5.26 Å². The van der Waals surface area contributed by atoms with Crippen LogP contribution in [0.3, 0.4) is 0 Å². The summed E-state index contributed by atoms with van der Waals surface area (Å²) in [6, 6.07) is 1.29. The lowest BCUT2D eigenvalue weighted by Gasteiger charge is -2.20. The number of carbonyl (C=O) groups is 1. The molecule has 1 amide bonds. The molecule has 1 unspecified atom stereocenters. The van der Waals surface area contributed by atoms with Crippen LogP contribution in [0.5, 0.6) is 0 Å². The van der Waals surface area contributed by atoms with E-state index in [-0.39, 0.29) is 0 Å². The fourth-order valence-electron chi connectivity index (χ4n) is 1.43. The number of carbonyl (C=O) groups excluding carboxylic acids is 1. The highest BCUT2D eigenvalue weighted by molar-refractivity contribution is 5.77. The van der Waals surface area contributed by atoms with Crippen molar-refractivity contribution in [2.75, 3.05) is 19.0 Å². The van der Waals surface area contributed by atoms with Gasteiger partial charge in [0, 0.05) is 21.1 Å². The van der Waals surface area contributed by atoms with Crippen LogP contribution in [0.4, 0.5) is 10.7 Å². The molecular weight excluding hydrogens is 248 g/mol. The topological polar surface area (TPSA) is 95.9 Å². The van der Waals surface area contributed by atoms with Gasteiger partial charge in [-0.2, -0.15) is 5.26 Å². The lowest BCUT2D eigenvalue weighted by atomic mass is 10.0. The van der Waals surface area contributed by atoms with Crippen LogP contribution >= 0.6 is 0 Å². The van der Waals surface area contributed by atoms with Gasteiger partial charge in [-0.25, -0.2) is 9.59 Å². The van der Waals surface area contributed by atoms with Crippen molar-refractivity contribution >= 4 is 12.0 Å². The molecule has 1 heterocycles. The normalized spacial score (nSPS) is 13.5. The highest BCUT2D eigenvalue weighted by atomic mass is 16.2. The minimum atomic E-state index is -1.02. The molecule has 0 radical (unpaired) electrons. The van der Waals surface area contributed by atoms with E-state index in [0.717, 1.165) is 4.68 Å². The molecular formula is C11H18N6O2. The zero-order chi connectivity index (χ0) is 14.8. The average molecular weight is 266 g/mol. The molecule has 0 aliphatic heterocycles. The third-order valence-electron chi connectivity index (χ3n) is 2.89. The summed E-state index contributed by atoms with van der Waals surface area (Å²) in [4.78, 5) is 25.5. The van der Waals surface area contributed by atoms with Gasteiger partial charge in [0.25, 0.3) is 0 Å². The summed E-state index contributed by atoms with van der Waals surface area (Å²) in [6.07, 6.45) is 0.428. The van der Waals surface area contributed by atoms with Gasteiger partial charge in [-0.1, -0.05) is 6.92 Å². The lowest BCUT2D eigenvalue weighted by Crippen LogP contribution is -2.49. The van der Waals surface area contributed by atoms with E-state index in [1.54, 1.807) is 32.8 Å². The molecule has 0 aliphatic rings. The second kappa shape index (κ2) is 5.14. The van der Waals surface area contributed by atoms with Crippen LogP contribution in [0.15, 0.2) is 4.79 Å². The van der Waals surface area contributed by atoms with Crippen molar-refractivity contribution in [3.05, 3.63) is 10.5 Å². The summed E-state index contributed by atoms with van der Waals surface area (Å²) in [6.45, 7) is 3.36. The third-order valence-corrected chi connectivity index (χ3v) is 2.89. The van der Waals surface area contributed by atoms with E-state index in [0.29, 0.717) is 12.4 Å². The Bertz CT molecular complexity index is 579. The number of aromatic nitrogens is 3. The van der Waals surface area contributed by atoms with Crippen molar-refractivity contribution in [2.24, 2.45) is 7.05 Å². The van der Waals surface area contributed by atoms with Gasteiger partial charge in [-0.05, 0) is 13.3 Å². The van der Waals surface area contributed by atoms with Gasteiger partial charge in [0.2, 0.25) is 5.95 Å². The van der Waals surface area contributed by atoms with Gasteiger partial charge in [-0.15, -0.1) is 9.78 Å². The number of amides is 1. The van der Waals surface area contributed by atoms with Crippen LogP contribution in [0.2, 0.25) is 0 Å². The predicted molar refractivity (Wildman–Crippen MR) is 70.0 cm³/mol. The molecule has 8 nitrogen and oxygen atoms in total. The number of rotatable bonds is 3. The van der Waals surface area contributed by atoms with E-state index in [1.165, 1.54) is 11.6 Å². The Kier molecular flexibility index (Phi) is 3.99. The molecule has 0 spiro atoms. The van der Waals surface area contributed by atoms with E-state index in [1.807, 2.05) is 6.07 Å². The maximum Gasteiger partial charge on any atom is 0.355 e. The molecule has 0 aromatic carbocycles. The van der Waals surface area contributed by atoms with Crippen LogP contribution in [0.25, 0.3) is 0 Å². The molecule has 8 heteroatoms. The molecule has 0 fully saturated rings. The third kappa shape index (κ3) is 2.76. The van der Waals surface area contributed by atoms with Gasteiger partial charge in [0.1, 0.15) is 5.54 Å². The molecule has 1 aromatic rings. The summed E-state index contributed by atoms with van der Waals surface area (Å²) >= 11 is 0. The fourth-order valence-corrected chi connectivity index (χ4v) is 1.43. The first-order valence-corrected chi connectivity index (χ1v) is 5.83. The molecule has 0 bridgehead atoms. The second-order valence-corrected chi connectivity index (χ2v) is 4.68. The van der Waals surface area contributed by atoms with E-state index in [9.17, 15) is 9.59 Å². The Hall–Kier alpha value is -2.30. The molecule has 0 saturated heterocycles. The SMILES string of the molecule is CCC(C)(C#N)NC(=O)n1nc(N(C)C)n(C)c1=O. The number of hydrogen-bond donors (Lipinski definition) is 1. The maximum absolute atomic E-state index is 12.0. The Morgan fingerprint density at radius 3 is 2.53 bits per heavy atom. The molecule has 0 saturated carbocycles. The fraction of sp³-hybridized carbons (Fsp3) is 0.636. The van der Waals surface area contributed by atoms with Gasteiger partial charge in [0.15, 0.2) is 0 Å². The first-order valence-electron chi connectivity index (χ1n) is 5.83. The van der Waals surface area contributed by atoms with Crippen LogP contribution < -0.4 is 15.9 Å². The highest BCUT2D eigenvalue weighted by Gasteiger charge is 2.26. The summed E-state index contributed by atoms with van der Waals surface area (Å²) in [7, 11) is 4.96. The zero-order valence-electron chi connectivity index (χ0n) is 11.8. The first-order chi connectivity index (χ1) is 8.75.